The number of hydrogen-bond acceptors (Lipinski definition) is 22. The van der Waals surface area contributed by atoms with E-state index in [1.807, 2.05) is 0 Å². The molecule has 0 fully saturated rings. The van der Waals surface area contributed by atoms with Crippen LogP contribution in [0.5, 0.6) is 17.2 Å². The minimum Gasteiger partial charge on any atom is -0.505 e. The second-order valence-electron chi connectivity index (χ2n) is 12.9. The van der Waals surface area contributed by atoms with Gasteiger partial charge in [-0.25, -0.2) is 20.3 Å². The van der Waals surface area contributed by atoms with Crippen LogP contribution in [-0.2, 0) is 23.5 Å². The molecule has 0 aliphatic carbocycles. The molecule has 0 unspecified atom stereocenters. The summed E-state index contributed by atoms with van der Waals surface area (Å²) >= 11 is 1.13. The molecule has 6 rings (SSSR count). The summed E-state index contributed by atoms with van der Waals surface area (Å²) in [7, 11) is 4.21. The summed E-state index contributed by atoms with van der Waals surface area (Å²) in [6.07, 6.45) is 1.15. The van der Waals surface area contributed by atoms with Crippen molar-refractivity contribution in [2.75, 3.05) is 32.4 Å². The van der Waals surface area contributed by atoms with Gasteiger partial charge in [-0.1, -0.05) is 10.1 Å². The third-order valence-corrected chi connectivity index (χ3v) is 10.0. The number of aliphatic imine (C=N–C) groups is 1. The first kappa shape index (κ1) is 46.9. The highest BCUT2D eigenvalue weighted by molar-refractivity contribution is 7.94. The van der Waals surface area contributed by atoms with E-state index in [4.69, 9.17) is 34.8 Å². The number of carbonyl (C=O) groups excluding carboxylic acids is 1. The molecule has 24 heteroatoms. The number of phenols is 1. The topological polar surface area (TPSA) is 304 Å². The first-order chi connectivity index (χ1) is 31.5. The van der Waals surface area contributed by atoms with E-state index in [0.717, 1.165) is 6.40 Å². The van der Waals surface area contributed by atoms with Gasteiger partial charge in [0, 0.05) is 39.4 Å². The Hall–Kier alpha value is -7.55. The van der Waals surface area contributed by atoms with E-state index in [9.17, 15) is 19.8 Å². The number of carboxylic acid groups (broad SMARTS) is 1. The van der Waals surface area contributed by atoms with Crippen LogP contribution in [-0.4, -0.2) is 60.3 Å². The SMILES string of the molecule is COC=Nc1cc(N=Nc2cc(OC)c(N=Nc3c(SOOO)cc4cc(NC(=O)c5ccc(N)cc5)ccc4c3O)cc2C)c(OC)cc1N=Nc1ccc(SOOO)cc1C(=O)O. The summed E-state index contributed by atoms with van der Waals surface area (Å²) < 4.78 is 25.3. The van der Waals surface area contributed by atoms with Crippen molar-refractivity contribution in [2.24, 2.45) is 35.7 Å². The number of carboxylic acids is 1. The number of ether oxygens (including phenoxy) is 3. The molecule has 0 aliphatic heterocycles. The predicted molar refractivity (Wildman–Crippen MR) is 238 cm³/mol. The Labute approximate surface area is 376 Å². The minimum absolute atomic E-state index is 0.00388. The molecular weight excluding hydrogens is 891 g/mol. The lowest BCUT2D eigenvalue weighted by Crippen LogP contribution is -2.11. The van der Waals surface area contributed by atoms with Crippen molar-refractivity contribution in [1.29, 1.82) is 0 Å². The predicted octanol–water partition coefficient (Wildman–Crippen LogP) is 11.8. The minimum atomic E-state index is -1.30. The van der Waals surface area contributed by atoms with Crippen LogP contribution in [0.1, 0.15) is 26.3 Å². The van der Waals surface area contributed by atoms with Gasteiger partial charge in [0.15, 0.2) is 12.2 Å². The van der Waals surface area contributed by atoms with Gasteiger partial charge in [0.2, 0.25) is 0 Å². The number of nitrogens with zero attached hydrogens (tertiary/aromatic N) is 7. The summed E-state index contributed by atoms with van der Waals surface area (Å²) in [4.78, 5) is 29.6. The average Bonchev–Trinajstić information content (AvgIpc) is 3.30. The van der Waals surface area contributed by atoms with Crippen molar-refractivity contribution in [2.45, 2.75) is 16.7 Å². The van der Waals surface area contributed by atoms with Crippen LogP contribution in [0.4, 0.5) is 51.2 Å². The number of nitrogens with one attached hydrogen (secondary N) is 1. The highest BCUT2D eigenvalue weighted by atomic mass is 32.2. The van der Waals surface area contributed by atoms with Gasteiger partial charge in [0.05, 0.1) is 67.2 Å². The zero-order valence-corrected chi connectivity index (χ0v) is 35.9. The Bertz CT molecular complexity index is 2850. The van der Waals surface area contributed by atoms with Crippen LogP contribution < -0.4 is 20.5 Å². The third kappa shape index (κ3) is 11.7. The monoisotopic (exact) mass is 925 g/mol. The fraction of sp³-hybridized carbons (Fsp3) is 0.0976. The van der Waals surface area contributed by atoms with Gasteiger partial charge in [-0.05, 0) is 96.7 Å². The number of anilines is 2. The second kappa shape index (κ2) is 22.2. The standard InChI is InChI=1S/C41H35N9O13S2/c1-21-13-33(49-50-38-37(65-63-61-56)15-23-14-25(9-11-27(23)39(38)51)44-40(52)22-5-7-24(42)8-6-22)35(58-3)18-30(21)46-48-34-17-31(43-20-57-2)32(19-36(34)59-4)47-45-29-12-10-26(64-62-60-55)16-28(29)41(53)54/h5-20,51,55-56H,42H2,1-4H3,(H,44,52)(H,53,54). The smallest absolute Gasteiger partial charge is 0.338 e. The van der Waals surface area contributed by atoms with Crippen molar-refractivity contribution >= 4 is 104 Å². The number of fused-ring (bicyclic) bond motifs is 1. The maximum atomic E-state index is 12.8. The summed E-state index contributed by atoms with van der Waals surface area (Å²) in [5.41, 5.74) is 8.60. The van der Waals surface area contributed by atoms with Crippen molar-refractivity contribution < 1.29 is 63.3 Å². The highest BCUT2D eigenvalue weighted by Gasteiger charge is 2.19. The Morgan fingerprint density at radius 3 is 2.03 bits per heavy atom. The first-order valence-corrected chi connectivity index (χ1v) is 19.8. The molecule has 334 valence electrons. The van der Waals surface area contributed by atoms with E-state index < -0.39 is 5.97 Å². The van der Waals surface area contributed by atoms with E-state index >= 15 is 0 Å². The van der Waals surface area contributed by atoms with Crippen LogP contribution >= 0.6 is 24.1 Å². The van der Waals surface area contributed by atoms with Gasteiger partial charge in [0.1, 0.15) is 39.9 Å². The number of aryl methyl sites for hydroxylation is 1. The maximum Gasteiger partial charge on any atom is 0.338 e. The van der Waals surface area contributed by atoms with Gasteiger partial charge >= 0.3 is 5.97 Å². The number of methoxy groups -OCH3 is 3. The van der Waals surface area contributed by atoms with Crippen LogP contribution in [0.3, 0.4) is 0 Å². The van der Waals surface area contributed by atoms with E-state index in [-0.39, 0.29) is 67.7 Å². The molecule has 7 N–H and O–H groups in total. The number of hydrogen-bond donors (Lipinski definition) is 6. The quantitative estimate of drug-likeness (QED) is 0.00836. The molecule has 22 nitrogen and oxygen atoms in total. The fourth-order valence-corrected chi connectivity index (χ4v) is 6.67. The summed E-state index contributed by atoms with van der Waals surface area (Å²) in [5, 5.41) is 75.4. The van der Waals surface area contributed by atoms with Gasteiger partial charge in [-0.2, -0.15) is 5.11 Å². The molecule has 0 radical (unpaired) electrons. The zero-order valence-electron chi connectivity index (χ0n) is 34.2. The number of rotatable bonds is 19. The number of amides is 1. The van der Waals surface area contributed by atoms with Crippen molar-refractivity contribution in [3.8, 4) is 17.2 Å². The first-order valence-electron chi connectivity index (χ1n) is 18.3. The summed E-state index contributed by atoms with van der Waals surface area (Å²) in [5.74, 6) is -1.52. The molecule has 65 heavy (non-hydrogen) atoms. The second-order valence-corrected chi connectivity index (χ2v) is 14.4. The van der Waals surface area contributed by atoms with Crippen LogP contribution in [0.2, 0.25) is 0 Å². The Balaban J connectivity index is 1.28. The maximum absolute atomic E-state index is 12.8. The average molecular weight is 926 g/mol. The van der Waals surface area contributed by atoms with Gasteiger partial charge < -0.3 is 35.5 Å². The normalized spacial score (nSPS) is 11.7. The molecule has 0 saturated heterocycles. The molecule has 6 aromatic rings. The lowest BCUT2D eigenvalue weighted by Gasteiger charge is -2.12. The molecular formula is C41H35N9O13S2. The van der Waals surface area contributed by atoms with Crippen molar-refractivity contribution in [1.82, 2.24) is 0 Å². The molecule has 0 aromatic heterocycles. The van der Waals surface area contributed by atoms with Crippen molar-refractivity contribution in [3.63, 3.8) is 0 Å². The number of carbonyl (C=O) groups is 2. The van der Waals surface area contributed by atoms with E-state index in [0.29, 0.717) is 67.9 Å². The molecule has 0 aliphatic rings. The highest BCUT2D eigenvalue weighted by Crippen LogP contribution is 2.46. The lowest BCUT2D eigenvalue weighted by molar-refractivity contribution is -0.432. The zero-order chi connectivity index (χ0) is 46.5. The molecule has 0 saturated carbocycles. The van der Waals surface area contributed by atoms with Crippen molar-refractivity contribution in [3.05, 3.63) is 108 Å². The van der Waals surface area contributed by atoms with Gasteiger partial charge in [0.25, 0.3) is 5.91 Å². The molecule has 0 spiro atoms. The number of nitrogen functional groups attached to an aromatic ring is 1. The molecule has 0 heterocycles. The number of aromatic hydroxyl groups is 1. The Morgan fingerprint density at radius 1 is 0.692 bits per heavy atom. The molecule has 6 aromatic carbocycles. The number of nitrogens with two attached hydrogens (primary N) is 1. The van der Waals surface area contributed by atoms with Gasteiger partial charge in [-0.3, -0.25) is 4.79 Å². The van der Waals surface area contributed by atoms with Crippen LogP contribution in [0.25, 0.3) is 10.8 Å². The Kier molecular flexibility index (Phi) is 16.0. The fourth-order valence-electron chi connectivity index (χ4n) is 5.77. The molecule has 0 atom stereocenters. The number of benzene rings is 6. The van der Waals surface area contributed by atoms with Gasteiger partial charge in [-0.15, -0.1) is 34.2 Å². The Morgan fingerprint density at radius 2 is 1.34 bits per heavy atom. The third-order valence-electron chi connectivity index (χ3n) is 8.85. The van der Waals surface area contributed by atoms with E-state index in [2.05, 4.69) is 55.4 Å². The summed E-state index contributed by atoms with van der Waals surface area (Å²) in [6.45, 7) is 1.75. The summed E-state index contributed by atoms with van der Waals surface area (Å²) in [6, 6.07) is 23.1. The molecule has 0 bridgehead atoms. The number of aromatic carboxylic acids is 1. The van der Waals surface area contributed by atoms with E-state index in [1.54, 1.807) is 67.6 Å². The largest absolute Gasteiger partial charge is 0.505 e. The lowest BCUT2D eigenvalue weighted by atomic mass is 10.1. The number of azo groups is 3. The number of phenolic OH excluding ortho intramolecular Hbond substituents is 1. The molecule has 1 amide bonds. The van der Waals surface area contributed by atoms with Crippen LogP contribution in [0.15, 0.2) is 136 Å². The van der Waals surface area contributed by atoms with E-state index in [1.165, 1.54) is 51.7 Å². The van der Waals surface area contributed by atoms with Crippen LogP contribution in [0, 0.1) is 6.92 Å².